The van der Waals surface area contributed by atoms with Crippen LogP contribution in [0.15, 0.2) is 61.3 Å². The summed E-state index contributed by atoms with van der Waals surface area (Å²) in [5.74, 6) is 5.26. The molecule has 11 nitrogen and oxygen atoms in total. The van der Waals surface area contributed by atoms with Gasteiger partial charge in [0.05, 0.1) is 11.2 Å². The molecule has 0 aliphatic carbocycles. The quantitative estimate of drug-likeness (QED) is 0.247. The first-order valence-corrected chi connectivity index (χ1v) is 14.3. The summed E-state index contributed by atoms with van der Waals surface area (Å²) in [5, 5.41) is 10.8. The molecule has 6 rings (SSSR count). The molecule has 2 N–H and O–H groups in total. The van der Waals surface area contributed by atoms with Crippen LogP contribution in [-0.2, 0) is 11.2 Å². The van der Waals surface area contributed by atoms with Crippen molar-refractivity contribution in [3.8, 4) is 17.6 Å². The van der Waals surface area contributed by atoms with E-state index >= 15 is 4.39 Å². The van der Waals surface area contributed by atoms with Gasteiger partial charge in [-0.15, -0.1) is 0 Å². The number of fused-ring (bicyclic) bond motifs is 2. The first-order valence-electron chi connectivity index (χ1n) is 14.3. The zero-order valence-corrected chi connectivity index (χ0v) is 24.5. The number of halogens is 1. The van der Waals surface area contributed by atoms with Gasteiger partial charge in [0.15, 0.2) is 5.65 Å². The van der Waals surface area contributed by atoms with Crippen LogP contribution in [-0.4, -0.2) is 86.7 Å². The molecule has 0 spiro atoms. The van der Waals surface area contributed by atoms with Crippen molar-refractivity contribution in [1.29, 1.82) is 0 Å². The van der Waals surface area contributed by atoms with Crippen LogP contribution >= 0.6 is 0 Å². The lowest BCUT2D eigenvalue weighted by molar-refractivity contribution is -0.111. The molecule has 1 aliphatic heterocycles. The smallest absolute Gasteiger partial charge is 0.300 e. The van der Waals surface area contributed by atoms with Crippen molar-refractivity contribution in [3.63, 3.8) is 0 Å². The molecule has 0 saturated carbocycles. The predicted octanol–water partition coefficient (Wildman–Crippen LogP) is 3.73. The van der Waals surface area contributed by atoms with Gasteiger partial charge in [-0.05, 0) is 61.4 Å². The lowest BCUT2D eigenvalue weighted by Crippen LogP contribution is -2.45. The second kappa shape index (κ2) is 13.0. The highest BCUT2D eigenvalue weighted by Crippen LogP contribution is 2.33. The molecular formula is C32H32FN9O2. The zero-order chi connectivity index (χ0) is 30.5. The van der Waals surface area contributed by atoms with E-state index < -0.39 is 5.91 Å². The fourth-order valence-corrected chi connectivity index (χ4v) is 5.12. The van der Waals surface area contributed by atoms with Crippen molar-refractivity contribution in [1.82, 2.24) is 34.4 Å². The van der Waals surface area contributed by atoms with Gasteiger partial charge in [-0.25, -0.2) is 23.9 Å². The number of hydrogen-bond acceptors (Lipinski definition) is 9. The molecule has 0 unspecified atom stereocenters. The number of ether oxygens (including phenoxy) is 1. The number of anilines is 3. The van der Waals surface area contributed by atoms with E-state index in [1.165, 1.54) is 18.7 Å². The Morgan fingerprint density at radius 3 is 2.73 bits per heavy atom. The minimum absolute atomic E-state index is 0.350. The van der Waals surface area contributed by atoms with Crippen LogP contribution < -0.4 is 15.4 Å². The third kappa shape index (κ3) is 6.75. The summed E-state index contributed by atoms with van der Waals surface area (Å²) in [5.41, 5.74) is 3.76. The van der Waals surface area contributed by atoms with E-state index in [-0.39, 0.29) is 5.82 Å². The number of carbonyl (C=O) groups excluding carboxylic acids is 1. The highest BCUT2D eigenvalue weighted by molar-refractivity contribution is 6.06. The van der Waals surface area contributed by atoms with Crippen molar-refractivity contribution in [2.75, 3.05) is 57.0 Å². The summed E-state index contributed by atoms with van der Waals surface area (Å²) in [7, 11) is 2.12. The van der Waals surface area contributed by atoms with E-state index in [4.69, 9.17) is 4.74 Å². The van der Waals surface area contributed by atoms with Gasteiger partial charge < -0.3 is 20.3 Å². The summed E-state index contributed by atoms with van der Waals surface area (Å²) < 4.78 is 23.0. The molecule has 0 radical (unpaired) electrons. The molecule has 1 aliphatic rings. The number of amides is 1. The van der Waals surface area contributed by atoms with Gasteiger partial charge in [0.25, 0.3) is 5.91 Å². The lowest BCUT2D eigenvalue weighted by atomic mass is 10.0. The van der Waals surface area contributed by atoms with Crippen molar-refractivity contribution in [2.24, 2.45) is 0 Å². The summed E-state index contributed by atoms with van der Waals surface area (Å²) in [4.78, 5) is 30.1. The minimum atomic E-state index is -0.456. The maximum atomic E-state index is 15.2. The molecule has 1 fully saturated rings. The minimum Gasteiger partial charge on any atom is -0.490 e. The number of benzene rings is 2. The summed E-state index contributed by atoms with van der Waals surface area (Å²) in [6.07, 6.45) is 5.13. The Balaban J connectivity index is 1.22. The van der Waals surface area contributed by atoms with Gasteiger partial charge >= 0.3 is 0 Å². The molecule has 12 heteroatoms. The Kier molecular flexibility index (Phi) is 8.58. The van der Waals surface area contributed by atoms with Crippen molar-refractivity contribution in [3.05, 3.63) is 78.3 Å². The number of piperazine rings is 1. The highest BCUT2D eigenvalue weighted by Gasteiger charge is 2.16. The van der Waals surface area contributed by atoms with Crippen molar-refractivity contribution >= 4 is 39.6 Å². The van der Waals surface area contributed by atoms with Crippen LogP contribution in [0.5, 0.6) is 5.75 Å². The van der Waals surface area contributed by atoms with Crippen molar-refractivity contribution in [2.45, 2.75) is 13.3 Å². The monoisotopic (exact) mass is 593 g/mol. The molecule has 224 valence electrons. The second-order valence-corrected chi connectivity index (χ2v) is 10.6. The standard InChI is InChI=1S/C32H32FN9O2/c1-3-4-31(43)39-28-18-25-27(19-29(28)44-14-13-41-11-9-40(2)10-12-41)34-20-36-32(25)38-24-6-5-23(26(33)17-24)15-22-7-8-42-30(16-22)35-21-37-42/h5-8,16-21H,9-15H2,1-2H3,(H,39,43)(H,34,36,38). The number of hydrogen-bond donors (Lipinski definition) is 2. The largest absolute Gasteiger partial charge is 0.490 e. The van der Waals surface area contributed by atoms with E-state index in [2.05, 4.69) is 59.4 Å². The predicted molar refractivity (Wildman–Crippen MR) is 167 cm³/mol. The van der Waals surface area contributed by atoms with Gasteiger partial charge in [0.2, 0.25) is 0 Å². The second-order valence-electron chi connectivity index (χ2n) is 10.6. The van der Waals surface area contributed by atoms with E-state index in [0.717, 1.165) is 38.3 Å². The van der Waals surface area contributed by atoms with Gasteiger partial charge in [-0.1, -0.05) is 12.0 Å². The molecule has 44 heavy (non-hydrogen) atoms. The van der Waals surface area contributed by atoms with E-state index in [1.54, 1.807) is 41.9 Å². The number of pyridine rings is 1. The average Bonchev–Trinajstić information content (AvgIpc) is 3.48. The fraction of sp³-hybridized carbons (Fsp3) is 0.281. The Labute approximate surface area is 254 Å². The summed E-state index contributed by atoms with van der Waals surface area (Å²) in [6, 6.07) is 12.3. The Morgan fingerprint density at radius 2 is 1.91 bits per heavy atom. The normalized spacial score (nSPS) is 13.9. The number of aromatic nitrogens is 5. The van der Waals surface area contributed by atoms with Gasteiger partial charge in [0.1, 0.15) is 36.6 Å². The number of nitrogens with one attached hydrogen (secondary N) is 2. The summed E-state index contributed by atoms with van der Waals surface area (Å²) in [6.45, 7) is 6.82. The SMILES string of the molecule is CC#CC(=O)Nc1cc2c(Nc3ccc(Cc4ccn5ncnc5c4)c(F)c3)ncnc2cc1OCCN1CCN(C)CC1. The van der Waals surface area contributed by atoms with Gasteiger partial charge in [0, 0.05) is 62.5 Å². The molecule has 0 atom stereocenters. The summed E-state index contributed by atoms with van der Waals surface area (Å²) >= 11 is 0. The first-order chi connectivity index (χ1) is 21.4. The van der Waals surface area contributed by atoms with Crippen LogP contribution in [0, 0.1) is 17.7 Å². The molecular weight excluding hydrogens is 561 g/mol. The third-order valence-corrected chi connectivity index (χ3v) is 7.54. The van der Waals surface area contributed by atoms with Gasteiger partial charge in [-0.2, -0.15) is 5.10 Å². The first kappa shape index (κ1) is 29.0. The Morgan fingerprint density at radius 1 is 1.05 bits per heavy atom. The van der Waals surface area contributed by atoms with E-state index in [1.807, 2.05) is 12.1 Å². The van der Waals surface area contributed by atoms with Crippen LogP contribution in [0.2, 0.25) is 0 Å². The van der Waals surface area contributed by atoms with Crippen LogP contribution in [0.4, 0.5) is 21.6 Å². The Hall–Kier alpha value is -5.12. The number of nitrogens with zero attached hydrogens (tertiary/aromatic N) is 7. The maximum absolute atomic E-state index is 15.2. The molecule has 5 aromatic rings. The molecule has 2 aromatic carbocycles. The number of likely N-dealkylation sites (N-methyl/N-ethyl adjacent to an activating group) is 1. The van der Waals surface area contributed by atoms with E-state index in [9.17, 15) is 4.79 Å². The van der Waals surface area contributed by atoms with Crippen LogP contribution in [0.25, 0.3) is 16.6 Å². The lowest BCUT2D eigenvalue weighted by Gasteiger charge is -2.32. The fourth-order valence-electron chi connectivity index (χ4n) is 5.12. The number of rotatable bonds is 9. The molecule has 1 saturated heterocycles. The van der Waals surface area contributed by atoms with E-state index in [0.29, 0.717) is 58.1 Å². The average molecular weight is 594 g/mol. The highest BCUT2D eigenvalue weighted by atomic mass is 19.1. The van der Waals surface area contributed by atoms with Crippen LogP contribution in [0.3, 0.4) is 0 Å². The van der Waals surface area contributed by atoms with Gasteiger partial charge in [-0.3, -0.25) is 9.69 Å². The third-order valence-electron chi connectivity index (χ3n) is 7.54. The molecule has 1 amide bonds. The molecule has 0 bridgehead atoms. The van der Waals surface area contributed by atoms with Crippen LogP contribution in [0.1, 0.15) is 18.1 Å². The van der Waals surface area contributed by atoms with Crippen molar-refractivity contribution < 1.29 is 13.9 Å². The maximum Gasteiger partial charge on any atom is 0.300 e. The molecule has 4 heterocycles. The number of carbonyl (C=O) groups is 1. The Bertz CT molecular complexity index is 1870. The topological polar surface area (TPSA) is 113 Å². The molecule has 3 aromatic heterocycles. The zero-order valence-electron chi connectivity index (χ0n) is 24.5.